The van der Waals surface area contributed by atoms with Crippen molar-refractivity contribution in [1.82, 2.24) is 5.32 Å². The molecule has 0 saturated carbocycles. The largest absolute Gasteiger partial charge is 0.314 e. The van der Waals surface area contributed by atoms with Crippen LogP contribution in [0.1, 0.15) is 12.5 Å². The lowest BCUT2D eigenvalue weighted by atomic mass is 10.2. The second-order valence-corrected chi connectivity index (χ2v) is 5.34. The molecule has 0 aliphatic rings. The monoisotopic (exact) mass is 269 g/mol. The fourth-order valence-corrected chi connectivity index (χ4v) is 2.53. The van der Waals surface area contributed by atoms with Crippen LogP contribution in [0.2, 0.25) is 0 Å². The van der Waals surface area contributed by atoms with Gasteiger partial charge in [-0.05, 0) is 36.4 Å². The third kappa shape index (κ3) is 4.93. The lowest BCUT2D eigenvalue weighted by Crippen LogP contribution is -2.11. The Morgan fingerprint density at radius 2 is 1.63 bits per heavy atom. The van der Waals surface area contributed by atoms with Gasteiger partial charge in [0.05, 0.1) is 0 Å². The molecule has 2 rings (SSSR count). The smallest absolute Gasteiger partial charge is 0.0138 e. The molecular formula is C17H19NS. The fourth-order valence-electron chi connectivity index (χ4n) is 1.69. The first-order valence-electron chi connectivity index (χ1n) is 6.58. The predicted octanol–water partition coefficient (Wildman–Crippen LogP) is 4.46. The van der Waals surface area contributed by atoms with E-state index in [1.165, 1.54) is 15.4 Å². The van der Waals surface area contributed by atoms with Crippen molar-refractivity contribution in [3.05, 3.63) is 66.2 Å². The van der Waals surface area contributed by atoms with Crippen LogP contribution in [-0.4, -0.2) is 13.1 Å². The summed E-state index contributed by atoms with van der Waals surface area (Å²) in [5.41, 5.74) is 1.25. The Morgan fingerprint density at radius 1 is 0.947 bits per heavy atom. The number of hydrogen-bond acceptors (Lipinski definition) is 2. The van der Waals surface area contributed by atoms with E-state index in [4.69, 9.17) is 0 Å². The third-order valence-electron chi connectivity index (χ3n) is 2.68. The molecule has 0 atom stereocenters. The molecule has 0 unspecified atom stereocenters. The highest BCUT2D eigenvalue weighted by atomic mass is 32.2. The van der Waals surface area contributed by atoms with Gasteiger partial charge in [0.1, 0.15) is 0 Å². The minimum atomic E-state index is 0.928. The Labute approximate surface area is 119 Å². The highest BCUT2D eigenvalue weighted by molar-refractivity contribution is 7.99. The molecule has 0 fully saturated rings. The Morgan fingerprint density at radius 3 is 2.32 bits per heavy atom. The van der Waals surface area contributed by atoms with Gasteiger partial charge in [-0.15, -0.1) is 0 Å². The van der Waals surface area contributed by atoms with Crippen molar-refractivity contribution in [2.24, 2.45) is 0 Å². The van der Waals surface area contributed by atoms with Crippen molar-refractivity contribution in [2.75, 3.05) is 13.1 Å². The highest BCUT2D eigenvalue weighted by Gasteiger charge is 1.96. The molecule has 0 aromatic heterocycles. The first-order chi connectivity index (χ1) is 9.38. The fraction of sp³-hybridized carbons (Fsp3) is 0.176. The van der Waals surface area contributed by atoms with Crippen molar-refractivity contribution < 1.29 is 0 Å². The van der Waals surface area contributed by atoms with Gasteiger partial charge in [-0.3, -0.25) is 0 Å². The number of benzene rings is 2. The molecule has 1 N–H and O–H groups in total. The normalized spacial score (nSPS) is 11.0. The maximum atomic E-state index is 3.27. The van der Waals surface area contributed by atoms with Gasteiger partial charge in [0, 0.05) is 16.3 Å². The van der Waals surface area contributed by atoms with E-state index < -0.39 is 0 Å². The molecule has 0 aliphatic heterocycles. The van der Waals surface area contributed by atoms with Crippen LogP contribution in [0, 0.1) is 0 Å². The van der Waals surface area contributed by atoms with Crippen LogP contribution in [0.25, 0.3) is 6.08 Å². The minimum Gasteiger partial charge on any atom is -0.314 e. The van der Waals surface area contributed by atoms with Crippen molar-refractivity contribution >= 4 is 17.8 Å². The summed E-state index contributed by atoms with van der Waals surface area (Å²) < 4.78 is 0. The molecule has 0 heterocycles. The van der Waals surface area contributed by atoms with Gasteiger partial charge in [-0.2, -0.15) is 0 Å². The average Bonchev–Trinajstić information content (AvgIpc) is 2.46. The average molecular weight is 269 g/mol. The van der Waals surface area contributed by atoms with E-state index in [1.807, 2.05) is 6.07 Å². The topological polar surface area (TPSA) is 12.0 Å². The first-order valence-corrected chi connectivity index (χ1v) is 7.40. The molecule has 0 bridgehead atoms. The predicted molar refractivity (Wildman–Crippen MR) is 84.6 cm³/mol. The van der Waals surface area contributed by atoms with Gasteiger partial charge < -0.3 is 5.32 Å². The zero-order chi connectivity index (χ0) is 13.3. The maximum Gasteiger partial charge on any atom is 0.0138 e. The minimum absolute atomic E-state index is 0.928. The zero-order valence-corrected chi connectivity index (χ0v) is 12.0. The van der Waals surface area contributed by atoms with Gasteiger partial charge in [0.2, 0.25) is 0 Å². The standard InChI is InChI=1S/C17H19NS/c1-2-18-14-6-7-15-10-12-17(13-11-15)19-16-8-4-3-5-9-16/h3-13,18H,2,14H2,1H3. The van der Waals surface area contributed by atoms with Gasteiger partial charge in [0.25, 0.3) is 0 Å². The van der Waals surface area contributed by atoms with Crippen molar-refractivity contribution in [2.45, 2.75) is 16.7 Å². The molecule has 0 spiro atoms. The lowest BCUT2D eigenvalue weighted by Gasteiger charge is -2.02. The Bertz CT molecular complexity index is 503. The van der Waals surface area contributed by atoms with Gasteiger partial charge >= 0.3 is 0 Å². The highest BCUT2D eigenvalue weighted by Crippen LogP contribution is 2.27. The summed E-state index contributed by atoms with van der Waals surface area (Å²) in [4.78, 5) is 2.55. The number of hydrogen-bond donors (Lipinski definition) is 1. The van der Waals surface area contributed by atoms with Crippen LogP contribution in [0.4, 0.5) is 0 Å². The molecule has 19 heavy (non-hydrogen) atoms. The van der Waals surface area contributed by atoms with E-state index in [0.29, 0.717) is 0 Å². The van der Waals surface area contributed by atoms with Crippen LogP contribution in [-0.2, 0) is 0 Å². The Hall–Kier alpha value is -1.51. The SMILES string of the molecule is CCNCC=Cc1ccc(Sc2ccccc2)cc1. The summed E-state index contributed by atoms with van der Waals surface area (Å²) in [6, 6.07) is 19.1. The zero-order valence-electron chi connectivity index (χ0n) is 11.2. The van der Waals surface area contributed by atoms with E-state index in [9.17, 15) is 0 Å². The van der Waals surface area contributed by atoms with Gasteiger partial charge in [-0.25, -0.2) is 0 Å². The molecule has 98 valence electrons. The molecule has 1 nitrogen and oxygen atoms in total. The summed E-state index contributed by atoms with van der Waals surface area (Å²) in [5, 5.41) is 3.27. The van der Waals surface area contributed by atoms with E-state index >= 15 is 0 Å². The van der Waals surface area contributed by atoms with E-state index in [2.05, 4.69) is 72.9 Å². The molecular weight excluding hydrogens is 250 g/mol. The van der Waals surface area contributed by atoms with Crippen molar-refractivity contribution in [1.29, 1.82) is 0 Å². The number of likely N-dealkylation sites (N-methyl/N-ethyl adjacent to an activating group) is 1. The Balaban J connectivity index is 1.93. The maximum absolute atomic E-state index is 3.27. The summed E-state index contributed by atoms with van der Waals surface area (Å²) in [6.07, 6.45) is 4.31. The van der Waals surface area contributed by atoms with E-state index in [1.54, 1.807) is 11.8 Å². The molecule has 2 aromatic rings. The van der Waals surface area contributed by atoms with Crippen LogP contribution in [0.15, 0.2) is 70.5 Å². The quantitative estimate of drug-likeness (QED) is 0.777. The van der Waals surface area contributed by atoms with Crippen LogP contribution in [0.3, 0.4) is 0 Å². The van der Waals surface area contributed by atoms with Crippen LogP contribution < -0.4 is 5.32 Å². The number of rotatable bonds is 6. The van der Waals surface area contributed by atoms with Gasteiger partial charge in [-0.1, -0.05) is 61.2 Å². The number of nitrogens with one attached hydrogen (secondary N) is 1. The summed E-state index contributed by atoms with van der Waals surface area (Å²) in [6.45, 7) is 4.05. The van der Waals surface area contributed by atoms with Crippen LogP contribution in [0.5, 0.6) is 0 Å². The van der Waals surface area contributed by atoms with Crippen molar-refractivity contribution in [3.63, 3.8) is 0 Å². The molecule has 0 radical (unpaired) electrons. The van der Waals surface area contributed by atoms with Crippen molar-refractivity contribution in [3.8, 4) is 0 Å². The van der Waals surface area contributed by atoms with E-state index in [-0.39, 0.29) is 0 Å². The summed E-state index contributed by atoms with van der Waals surface area (Å²) in [5.74, 6) is 0. The van der Waals surface area contributed by atoms with E-state index in [0.717, 1.165) is 13.1 Å². The second kappa shape index (κ2) is 7.82. The lowest BCUT2D eigenvalue weighted by molar-refractivity contribution is 0.801. The third-order valence-corrected chi connectivity index (χ3v) is 3.70. The second-order valence-electron chi connectivity index (χ2n) is 4.19. The Kier molecular flexibility index (Phi) is 5.73. The van der Waals surface area contributed by atoms with Gasteiger partial charge in [0.15, 0.2) is 0 Å². The molecule has 0 aliphatic carbocycles. The summed E-state index contributed by atoms with van der Waals surface area (Å²) >= 11 is 1.79. The summed E-state index contributed by atoms with van der Waals surface area (Å²) in [7, 11) is 0. The molecule has 0 saturated heterocycles. The van der Waals surface area contributed by atoms with Crippen LogP contribution >= 0.6 is 11.8 Å². The molecule has 2 aromatic carbocycles. The first kappa shape index (κ1) is 13.9. The molecule has 0 amide bonds. The molecule has 2 heteroatoms.